The van der Waals surface area contributed by atoms with Crippen molar-refractivity contribution in [2.75, 3.05) is 0 Å². The number of hydrogen-bond acceptors (Lipinski definition) is 3. The van der Waals surface area contributed by atoms with Crippen LogP contribution in [0.4, 0.5) is 0 Å². The summed E-state index contributed by atoms with van der Waals surface area (Å²) in [6.45, 7) is 4.52. The standard InChI is InChI=1S/C34H56O3S.Na/c1-3-5-7-9-11-13-15-17-19-21-23-30-25-27-32-33(29-30)31(26-28-34(32)38(35,36)37)24-22-20-18-16-14-12-10-8-6-4-2;/h25-29H,3-24H2,1-2H3,(H,35,36,37);/q;+1/p-1. The Bertz CT molecular complexity index is 1000. The van der Waals surface area contributed by atoms with E-state index in [0.29, 0.717) is 5.39 Å². The molecule has 0 bridgehead atoms. The molecule has 216 valence electrons. The van der Waals surface area contributed by atoms with Gasteiger partial charge in [-0.05, 0) is 53.6 Å². The van der Waals surface area contributed by atoms with E-state index in [9.17, 15) is 13.0 Å². The van der Waals surface area contributed by atoms with Gasteiger partial charge in [-0.25, -0.2) is 8.42 Å². The second-order valence-corrected chi connectivity index (χ2v) is 12.8. The molecule has 0 radical (unpaired) electrons. The van der Waals surface area contributed by atoms with Crippen molar-refractivity contribution in [1.82, 2.24) is 0 Å². The van der Waals surface area contributed by atoms with Crippen LogP contribution in [0.1, 0.15) is 153 Å². The van der Waals surface area contributed by atoms with E-state index in [2.05, 4.69) is 19.9 Å². The van der Waals surface area contributed by atoms with Crippen LogP contribution in [-0.4, -0.2) is 13.0 Å². The summed E-state index contributed by atoms with van der Waals surface area (Å²) in [5.41, 5.74) is 2.43. The van der Waals surface area contributed by atoms with Gasteiger partial charge in [-0.3, -0.25) is 0 Å². The van der Waals surface area contributed by atoms with Crippen molar-refractivity contribution in [2.45, 2.75) is 160 Å². The fourth-order valence-corrected chi connectivity index (χ4v) is 6.32. The third-order valence-electron chi connectivity index (χ3n) is 8.02. The van der Waals surface area contributed by atoms with E-state index >= 15 is 0 Å². The van der Waals surface area contributed by atoms with Crippen LogP contribution in [0.5, 0.6) is 0 Å². The van der Waals surface area contributed by atoms with Crippen molar-refractivity contribution in [1.29, 1.82) is 0 Å². The Morgan fingerprint density at radius 3 is 1.44 bits per heavy atom. The maximum Gasteiger partial charge on any atom is 1.00 e. The van der Waals surface area contributed by atoms with Crippen LogP contribution in [0.2, 0.25) is 0 Å². The van der Waals surface area contributed by atoms with Crippen LogP contribution < -0.4 is 29.6 Å². The summed E-state index contributed by atoms with van der Waals surface area (Å²) in [4.78, 5) is -0.0789. The van der Waals surface area contributed by atoms with E-state index in [0.717, 1.165) is 31.1 Å². The average molecular weight is 567 g/mol. The minimum atomic E-state index is -4.49. The summed E-state index contributed by atoms with van der Waals surface area (Å²) < 4.78 is 35.7. The van der Waals surface area contributed by atoms with E-state index in [1.165, 1.54) is 133 Å². The van der Waals surface area contributed by atoms with E-state index in [1.54, 1.807) is 0 Å². The van der Waals surface area contributed by atoms with Gasteiger partial charge < -0.3 is 4.55 Å². The topological polar surface area (TPSA) is 57.2 Å². The zero-order valence-corrected chi connectivity index (χ0v) is 28.4. The molecule has 39 heavy (non-hydrogen) atoms. The first-order valence-corrected chi connectivity index (χ1v) is 17.4. The molecule has 0 aliphatic carbocycles. The van der Waals surface area contributed by atoms with E-state index in [4.69, 9.17) is 0 Å². The van der Waals surface area contributed by atoms with Crippen molar-refractivity contribution >= 4 is 20.9 Å². The molecule has 0 aliphatic heterocycles. The number of unbranched alkanes of at least 4 members (excludes halogenated alkanes) is 18. The Labute approximate surface area is 263 Å². The Morgan fingerprint density at radius 1 is 0.538 bits per heavy atom. The van der Waals surface area contributed by atoms with Crippen LogP contribution in [-0.2, 0) is 23.0 Å². The maximum absolute atomic E-state index is 11.9. The normalized spacial score (nSPS) is 11.7. The smallest absolute Gasteiger partial charge is 0.744 e. The van der Waals surface area contributed by atoms with Gasteiger partial charge in [0.15, 0.2) is 0 Å². The molecular formula is C34H55NaO3S. The van der Waals surface area contributed by atoms with Crippen molar-refractivity contribution in [3.8, 4) is 0 Å². The second kappa shape index (κ2) is 22.2. The Balaban J connectivity index is 0.00000760. The molecule has 0 saturated heterocycles. The van der Waals surface area contributed by atoms with Crippen molar-refractivity contribution in [2.24, 2.45) is 0 Å². The van der Waals surface area contributed by atoms with Gasteiger partial charge in [0.25, 0.3) is 0 Å². The summed E-state index contributed by atoms with van der Waals surface area (Å²) in [5, 5.41) is 1.55. The molecular weight excluding hydrogens is 511 g/mol. The average Bonchev–Trinajstić information content (AvgIpc) is 2.90. The van der Waals surface area contributed by atoms with Crippen LogP contribution in [0.15, 0.2) is 35.2 Å². The molecule has 2 aromatic rings. The van der Waals surface area contributed by atoms with Gasteiger partial charge >= 0.3 is 29.6 Å². The zero-order valence-electron chi connectivity index (χ0n) is 25.6. The monoisotopic (exact) mass is 566 g/mol. The molecule has 2 rings (SSSR count). The summed E-state index contributed by atoms with van der Waals surface area (Å²) in [7, 11) is -4.49. The Kier molecular flexibility index (Phi) is 20.9. The van der Waals surface area contributed by atoms with Gasteiger partial charge in [-0.15, -0.1) is 0 Å². The van der Waals surface area contributed by atoms with Gasteiger partial charge in [0.1, 0.15) is 10.1 Å². The van der Waals surface area contributed by atoms with Crippen LogP contribution >= 0.6 is 0 Å². The van der Waals surface area contributed by atoms with Gasteiger partial charge in [-0.1, -0.05) is 154 Å². The first kappa shape index (κ1) is 36.6. The molecule has 0 atom stereocenters. The third kappa shape index (κ3) is 15.4. The largest absolute Gasteiger partial charge is 1.00 e. The van der Waals surface area contributed by atoms with E-state index in [1.807, 2.05) is 18.2 Å². The number of hydrogen-bond donors (Lipinski definition) is 0. The molecule has 3 nitrogen and oxygen atoms in total. The molecule has 0 N–H and O–H groups in total. The predicted octanol–water partition coefficient (Wildman–Crippen LogP) is 7.67. The molecule has 0 aliphatic rings. The van der Waals surface area contributed by atoms with E-state index in [-0.39, 0.29) is 34.5 Å². The van der Waals surface area contributed by atoms with Crippen molar-refractivity contribution in [3.63, 3.8) is 0 Å². The SMILES string of the molecule is CCCCCCCCCCCCc1ccc2c(S(=O)(=O)[O-])ccc(CCCCCCCCCCCC)c2c1.[Na+]. The maximum atomic E-state index is 11.9. The molecule has 0 spiro atoms. The molecule has 0 saturated carbocycles. The zero-order chi connectivity index (χ0) is 27.5. The summed E-state index contributed by atoms with van der Waals surface area (Å²) in [6.07, 6.45) is 28.2. The molecule has 0 amide bonds. The molecule has 2 aromatic carbocycles. The Hall–Kier alpha value is -0.390. The summed E-state index contributed by atoms with van der Waals surface area (Å²) in [6, 6.07) is 9.45. The minimum Gasteiger partial charge on any atom is -0.744 e. The van der Waals surface area contributed by atoms with Crippen molar-refractivity contribution in [3.05, 3.63) is 41.5 Å². The van der Waals surface area contributed by atoms with Crippen LogP contribution in [0.3, 0.4) is 0 Å². The molecule has 0 heterocycles. The fourth-order valence-electron chi connectivity index (χ4n) is 5.64. The van der Waals surface area contributed by atoms with E-state index < -0.39 is 10.1 Å². The molecule has 0 aromatic heterocycles. The first-order valence-electron chi connectivity index (χ1n) is 16.0. The van der Waals surface area contributed by atoms with Gasteiger partial charge in [-0.2, -0.15) is 0 Å². The quantitative estimate of drug-likeness (QED) is 0.0788. The summed E-state index contributed by atoms with van der Waals surface area (Å²) in [5.74, 6) is 0. The first-order chi connectivity index (χ1) is 18.5. The summed E-state index contributed by atoms with van der Waals surface area (Å²) >= 11 is 0. The van der Waals surface area contributed by atoms with Crippen LogP contribution in [0.25, 0.3) is 10.8 Å². The number of rotatable bonds is 23. The van der Waals surface area contributed by atoms with Gasteiger partial charge in [0, 0.05) is 0 Å². The second-order valence-electron chi connectivity index (χ2n) is 11.4. The number of fused-ring (bicyclic) bond motifs is 1. The molecule has 0 unspecified atom stereocenters. The van der Waals surface area contributed by atoms with Gasteiger partial charge in [0.2, 0.25) is 0 Å². The van der Waals surface area contributed by atoms with Crippen molar-refractivity contribution < 1.29 is 42.5 Å². The molecule has 0 fully saturated rings. The predicted molar refractivity (Wildman–Crippen MR) is 163 cm³/mol. The number of benzene rings is 2. The number of aryl methyl sites for hydroxylation is 2. The minimum absolute atomic E-state index is 0. The van der Waals surface area contributed by atoms with Gasteiger partial charge in [0.05, 0.1) is 4.90 Å². The third-order valence-corrected chi connectivity index (χ3v) is 8.91. The Morgan fingerprint density at radius 2 is 0.974 bits per heavy atom. The molecule has 5 heteroatoms. The fraction of sp³-hybridized carbons (Fsp3) is 0.706. The van der Waals surface area contributed by atoms with Crippen LogP contribution in [0, 0.1) is 0 Å².